The Morgan fingerprint density at radius 1 is 1.22 bits per heavy atom. The maximum absolute atomic E-state index is 3.45. The van der Waals surface area contributed by atoms with E-state index in [4.69, 9.17) is 0 Å². The highest BCUT2D eigenvalue weighted by molar-refractivity contribution is 5.47. The standard InChI is InChI=1S/C16H26N2/c1-4-18(12-15-5-6-15)16-9-7-14(8-10-16)11-17-13(2)3/h7-10,13,15,17H,4-6,11-12H2,1-3H3. The number of hydrogen-bond donors (Lipinski definition) is 1. The van der Waals surface area contributed by atoms with Crippen LogP contribution in [0.4, 0.5) is 5.69 Å². The van der Waals surface area contributed by atoms with Crippen molar-refractivity contribution >= 4 is 5.69 Å². The van der Waals surface area contributed by atoms with E-state index in [0.717, 1.165) is 19.0 Å². The van der Waals surface area contributed by atoms with Gasteiger partial charge in [0, 0.05) is 31.4 Å². The molecule has 2 heteroatoms. The Hall–Kier alpha value is -1.02. The van der Waals surface area contributed by atoms with E-state index >= 15 is 0 Å². The van der Waals surface area contributed by atoms with Crippen LogP contribution in [0.2, 0.25) is 0 Å². The zero-order valence-electron chi connectivity index (χ0n) is 11.9. The van der Waals surface area contributed by atoms with Crippen LogP contribution in [-0.2, 0) is 6.54 Å². The van der Waals surface area contributed by atoms with Crippen LogP contribution < -0.4 is 10.2 Å². The molecule has 100 valence electrons. The Morgan fingerprint density at radius 2 is 1.89 bits per heavy atom. The third-order valence-corrected chi connectivity index (χ3v) is 3.57. The SMILES string of the molecule is CCN(CC1CC1)c1ccc(CNC(C)C)cc1. The summed E-state index contributed by atoms with van der Waals surface area (Å²) in [5, 5.41) is 3.45. The van der Waals surface area contributed by atoms with Crippen molar-refractivity contribution in [3.8, 4) is 0 Å². The molecule has 0 heterocycles. The number of rotatable bonds is 7. The van der Waals surface area contributed by atoms with E-state index in [1.165, 1.54) is 30.6 Å². The van der Waals surface area contributed by atoms with E-state index < -0.39 is 0 Å². The van der Waals surface area contributed by atoms with E-state index in [9.17, 15) is 0 Å². The Morgan fingerprint density at radius 3 is 2.39 bits per heavy atom. The minimum absolute atomic E-state index is 0.548. The van der Waals surface area contributed by atoms with Crippen molar-refractivity contribution in [3.63, 3.8) is 0 Å². The monoisotopic (exact) mass is 246 g/mol. The minimum atomic E-state index is 0.548. The van der Waals surface area contributed by atoms with Crippen LogP contribution in [0, 0.1) is 5.92 Å². The molecule has 1 aliphatic rings. The maximum Gasteiger partial charge on any atom is 0.0366 e. The number of anilines is 1. The van der Waals surface area contributed by atoms with Crippen molar-refractivity contribution in [1.29, 1.82) is 0 Å². The second-order valence-electron chi connectivity index (χ2n) is 5.68. The summed E-state index contributed by atoms with van der Waals surface area (Å²) < 4.78 is 0. The van der Waals surface area contributed by atoms with Gasteiger partial charge in [0.15, 0.2) is 0 Å². The van der Waals surface area contributed by atoms with Crippen LogP contribution in [0.25, 0.3) is 0 Å². The summed E-state index contributed by atoms with van der Waals surface area (Å²) in [7, 11) is 0. The van der Waals surface area contributed by atoms with Gasteiger partial charge in [0.2, 0.25) is 0 Å². The van der Waals surface area contributed by atoms with Crippen molar-refractivity contribution in [3.05, 3.63) is 29.8 Å². The molecule has 0 aromatic heterocycles. The van der Waals surface area contributed by atoms with E-state index in [1.807, 2.05) is 0 Å². The van der Waals surface area contributed by atoms with E-state index in [0.29, 0.717) is 6.04 Å². The lowest BCUT2D eigenvalue weighted by molar-refractivity contribution is 0.589. The molecular formula is C16H26N2. The number of nitrogens with one attached hydrogen (secondary N) is 1. The molecule has 1 saturated carbocycles. The predicted octanol–water partition coefficient (Wildman–Crippen LogP) is 3.42. The van der Waals surface area contributed by atoms with Crippen LogP contribution in [0.5, 0.6) is 0 Å². The fourth-order valence-electron chi connectivity index (χ4n) is 2.18. The molecule has 2 nitrogen and oxygen atoms in total. The predicted molar refractivity (Wildman–Crippen MR) is 79.0 cm³/mol. The number of hydrogen-bond acceptors (Lipinski definition) is 2. The van der Waals surface area contributed by atoms with Crippen LogP contribution in [-0.4, -0.2) is 19.1 Å². The fourth-order valence-corrected chi connectivity index (χ4v) is 2.18. The third kappa shape index (κ3) is 4.02. The Balaban J connectivity index is 1.92. The smallest absolute Gasteiger partial charge is 0.0366 e. The minimum Gasteiger partial charge on any atom is -0.372 e. The zero-order chi connectivity index (χ0) is 13.0. The summed E-state index contributed by atoms with van der Waals surface area (Å²) >= 11 is 0. The summed E-state index contributed by atoms with van der Waals surface area (Å²) in [5.74, 6) is 0.951. The molecule has 2 rings (SSSR count). The molecule has 0 saturated heterocycles. The average Bonchev–Trinajstić information content (AvgIpc) is 3.18. The van der Waals surface area contributed by atoms with Gasteiger partial charge in [0.25, 0.3) is 0 Å². The molecule has 18 heavy (non-hydrogen) atoms. The first-order chi connectivity index (χ1) is 8.69. The molecular weight excluding hydrogens is 220 g/mol. The van der Waals surface area contributed by atoms with Gasteiger partial charge in [-0.15, -0.1) is 0 Å². The quantitative estimate of drug-likeness (QED) is 0.793. The van der Waals surface area contributed by atoms with Gasteiger partial charge in [-0.25, -0.2) is 0 Å². The lowest BCUT2D eigenvalue weighted by atomic mass is 10.1. The van der Waals surface area contributed by atoms with Crippen LogP contribution >= 0.6 is 0 Å². The summed E-state index contributed by atoms with van der Waals surface area (Å²) in [6, 6.07) is 9.58. The molecule has 0 bridgehead atoms. The maximum atomic E-state index is 3.45. The van der Waals surface area contributed by atoms with Gasteiger partial charge in [-0.05, 0) is 43.4 Å². The van der Waals surface area contributed by atoms with Gasteiger partial charge in [0.1, 0.15) is 0 Å². The largest absolute Gasteiger partial charge is 0.372 e. The van der Waals surface area contributed by atoms with Crippen LogP contribution in [0.15, 0.2) is 24.3 Å². The van der Waals surface area contributed by atoms with Crippen LogP contribution in [0.3, 0.4) is 0 Å². The van der Waals surface area contributed by atoms with E-state index in [1.54, 1.807) is 0 Å². The molecule has 1 aromatic rings. The first kappa shape index (κ1) is 13.4. The lowest BCUT2D eigenvalue weighted by Crippen LogP contribution is -2.25. The first-order valence-electron chi connectivity index (χ1n) is 7.26. The normalized spacial score (nSPS) is 15.1. The molecule has 0 spiro atoms. The Labute approximate surface area is 111 Å². The summed E-state index contributed by atoms with van der Waals surface area (Å²) in [4.78, 5) is 2.50. The third-order valence-electron chi connectivity index (χ3n) is 3.57. The molecule has 0 radical (unpaired) electrons. The lowest BCUT2D eigenvalue weighted by Gasteiger charge is -2.23. The van der Waals surface area contributed by atoms with E-state index in [-0.39, 0.29) is 0 Å². The van der Waals surface area contributed by atoms with E-state index in [2.05, 4.69) is 55.3 Å². The second kappa shape index (κ2) is 6.24. The van der Waals surface area contributed by atoms with Gasteiger partial charge >= 0.3 is 0 Å². The van der Waals surface area contributed by atoms with Gasteiger partial charge in [-0.3, -0.25) is 0 Å². The second-order valence-corrected chi connectivity index (χ2v) is 5.68. The Kier molecular flexibility index (Phi) is 4.65. The van der Waals surface area contributed by atoms with Crippen molar-refractivity contribution in [2.45, 2.75) is 46.2 Å². The van der Waals surface area contributed by atoms with Crippen molar-refractivity contribution in [2.75, 3.05) is 18.0 Å². The number of benzene rings is 1. The number of nitrogens with zero attached hydrogens (tertiary/aromatic N) is 1. The molecule has 0 aliphatic heterocycles. The topological polar surface area (TPSA) is 15.3 Å². The zero-order valence-corrected chi connectivity index (χ0v) is 11.9. The fraction of sp³-hybridized carbons (Fsp3) is 0.625. The van der Waals surface area contributed by atoms with Crippen molar-refractivity contribution < 1.29 is 0 Å². The molecule has 0 amide bonds. The van der Waals surface area contributed by atoms with Crippen molar-refractivity contribution in [2.24, 2.45) is 5.92 Å². The Bertz CT molecular complexity index is 352. The highest BCUT2D eigenvalue weighted by Crippen LogP contribution is 2.31. The van der Waals surface area contributed by atoms with Gasteiger partial charge in [-0.2, -0.15) is 0 Å². The van der Waals surface area contributed by atoms with Gasteiger partial charge < -0.3 is 10.2 Å². The highest BCUT2D eigenvalue weighted by Gasteiger charge is 2.23. The van der Waals surface area contributed by atoms with Gasteiger partial charge in [-0.1, -0.05) is 26.0 Å². The summed E-state index contributed by atoms with van der Waals surface area (Å²) in [6.45, 7) is 9.93. The molecule has 0 atom stereocenters. The highest BCUT2D eigenvalue weighted by atomic mass is 15.1. The summed E-state index contributed by atoms with van der Waals surface area (Å²) in [6.07, 6.45) is 2.85. The molecule has 1 aromatic carbocycles. The van der Waals surface area contributed by atoms with Crippen LogP contribution in [0.1, 0.15) is 39.2 Å². The van der Waals surface area contributed by atoms with Gasteiger partial charge in [0.05, 0.1) is 0 Å². The molecule has 0 unspecified atom stereocenters. The average molecular weight is 246 g/mol. The molecule has 1 aliphatic carbocycles. The van der Waals surface area contributed by atoms with Crippen molar-refractivity contribution in [1.82, 2.24) is 5.32 Å². The first-order valence-corrected chi connectivity index (χ1v) is 7.26. The summed E-state index contributed by atoms with van der Waals surface area (Å²) in [5.41, 5.74) is 2.74. The molecule has 1 fully saturated rings. The molecule has 1 N–H and O–H groups in total.